The summed E-state index contributed by atoms with van der Waals surface area (Å²) in [4.78, 5) is 50.3. The summed E-state index contributed by atoms with van der Waals surface area (Å²) in [6, 6.07) is 18.0. The zero-order valence-corrected chi connectivity index (χ0v) is 15.9. The number of ether oxygens (including phenoxy) is 1. The summed E-state index contributed by atoms with van der Waals surface area (Å²) in [6.07, 6.45) is 1.47. The third kappa shape index (κ3) is 3.33. The van der Waals surface area contributed by atoms with Crippen LogP contribution in [0.4, 0.5) is 10.5 Å². The number of imide groups is 2. The van der Waals surface area contributed by atoms with Crippen LogP contribution in [0.2, 0.25) is 0 Å². The van der Waals surface area contributed by atoms with E-state index in [0.29, 0.717) is 5.56 Å². The van der Waals surface area contributed by atoms with Crippen molar-refractivity contribution in [2.75, 3.05) is 12.0 Å². The van der Waals surface area contributed by atoms with Crippen LogP contribution in [0.3, 0.4) is 0 Å². The first-order valence-corrected chi connectivity index (χ1v) is 9.07. The Labute approximate surface area is 171 Å². The number of amides is 4. The van der Waals surface area contributed by atoms with Gasteiger partial charge in [-0.25, -0.2) is 14.5 Å². The Morgan fingerprint density at radius 3 is 2.37 bits per heavy atom. The number of barbiturate groups is 1. The van der Waals surface area contributed by atoms with Crippen LogP contribution in [0.25, 0.3) is 16.8 Å². The number of fused-ring (bicyclic) bond motifs is 1. The highest BCUT2D eigenvalue weighted by atomic mass is 16.5. The number of carbonyl (C=O) groups excluding carboxylic acids is 4. The lowest BCUT2D eigenvalue weighted by atomic mass is 10.0. The first-order chi connectivity index (χ1) is 14.5. The fourth-order valence-corrected chi connectivity index (χ4v) is 3.29. The van der Waals surface area contributed by atoms with Crippen molar-refractivity contribution in [1.29, 1.82) is 0 Å². The second-order valence-corrected chi connectivity index (χ2v) is 6.56. The van der Waals surface area contributed by atoms with E-state index in [4.69, 9.17) is 0 Å². The maximum Gasteiger partial charge on any atom is 0.337 e. The third-order valence-corrected chi connectivity index (χ3v) is 4.77. The number of rotatable bonds is 3. The van der Waals surface area contributed by atoms with Gasteiger partial charge in [-0.2, -0.15) is 0 Å². The van der Waals surface area contributed by atoms with Crippen LogP contribution in [0.5, 0.6) is 0 Å². The van der Waals surface area contributed by atoms with Crippen molar-refractivity contribution in [2.24, 2.45) is 0 Å². The van der Waals surface area contributed by atoms with Gasteiger partial charge in [0.15, 0.2) is 0 Å². The van der Waals surface area contributed by atoms with Gasteiger partial charge < -0.3 is 4.74 Å². The van der Waals surface area contributed by atoms with Gasteiger partial charge in [0, 0.05) is 0 Å². The number of urea groups is 1. The molecule has 1 fully saturated rings. The second-order valence-electron chi connectivity index (χ2n) is 6.56. The Kier molecular flexibility index (Phi) is 4.85. The molecule has 148 valence electrons. The molecule has 4 amide bonds. The van der Waals surface area contributed by atoms with Crippen molar-refractivity contribution < 1.29 is 23.9 Å². The lowest BCUT2D eigenvalue weighted by molar-refractivity contribution is -0.122. The predicted molar refractivity (Wildman–Crippen MR) is 111 cm³/mol. The maximum absolute atomic E-state index is 13.0. The van der Waals surface area contributed by atoms with Crippen molar-refractivity contribution in [3.63, 3.8) is 0 Å². The average molecular weight is 400 g/mol. The molecular formula is C23H16N2O5. The summed E-state index contributed by atoms with van der Waals surface area (Å²) < 4.78 is 4.64. The zero-order valence-electron chi connectivity index (χ0n) is 15.9. The van der Waals surface area contributed by atoms with Gasteiger partial charge >= 0.3 is 12.0 Å². The molecule has 1 heterocycles. The highest BCUT2D eigenvalue weighted by Crippen LogP contribution is 2.25. The van der Waals surface area contributed by atoms with E-state index < -0.39 is 23.8 Å². The predicted octanol–water partition coefficient (Wildman–Crippen LogP) is 3.29. The largest absolute Gasteiger partial charge is 0.465 e. The molecule has 3 aromatic rings. The number of nitrogens with one attached hydrogen (secondary N) is 1. The Balaban J connectivity index is 1.74. The molecule has 1 N–H and O–H groups in total. The quantitative estimate of drug-likeness (QED) is 0.414. The summed E-state index contributed by atoms with van der Waals surface area (Å²) in [5, 5.41) is 4.03. The van der Waals surface area contributed by atoms with E-state index in [-0.39, 0.29) is 16.8 Å². The van der Waals surface area contributed by atoms with Gasteiger partial charge in [-0.3, -0.25) is 14.9 Å². The number of hydrogen-bond donors (Lipinski definition) is 1. The lowest BCUT2D eigenvalue weighted by Crippen LogP contribution is -2.54. The first kappa shape index (κ1) is 19.1. The van der Waals surface area contributed by atoms with E-state index in [1.807, 2.05) is 36.4 Å². The van der Waals surface area contributed by atoms with E-state index in [1.165, 1.54) is 37.5 Å². The maximum atomic E-state index is 13.0. The van der Waals surface area contributed by atoms with Crippen LogP contribution >= 0.6 is 0 Å². The fourth-order valence-electron chi connectivity index (χ4n) is 3.29. The Bertz CT molecular complexity index is 1220. The first-order valence-electron chi connectivity index (χ1n) is 9.07. The van der Waals surface area contributed by atoms with Crippen molar-refractivity contribution in [2.45, 2.75) is 0 Å². The van der Waals surface area contributed by atoms with E-state index in [1.54, 1.807) is 6.07 Å². The summed E-state index contributed by atoms with van der Waals surface area (Å²) >= 11 is 0. The number of nitrogens with zero attached hydrogens (tertiary/aromatic N) is 1. The molecule has 30 heavy (non-hydrogen) atoms. The van der Waals surface area contributed by atoms with Gasteiger partial charge in [0.2, 0.25) is 0 Å². The van der Waals surface area contributed by atoms with E-state index >= 15 is 0 Å². The number of anilines is 1. The van der Waals surface area contributed by atoms with Crippen molar-refractivity contribution in [3.8, 4) is 0 Å². The standard InChI is InChI=1S/C23H16N2O5/c1-30-22(28)15-9-11-17(12-10-15)25-21(27)19(20(26)24-23(25)29)13-16-7-4-6-14-5-2-3-8-18(14)16/h2-13H,1H3,(H,24,26,29). The van der Waals surface area contributed by atoms with Crippen molar-refractivity contribution in [3.05, 3.63) is 83.4 Å². The smallest absolute Gasteiger partial charge is 0.337 e. The highest BCUT2D eigenvalue weighted by molar-refractivity contribution is 6.39. The van der Waals surface area contributed by atoms with Crippen molar-refractivity contribution in [1.82, 2.24) is 5.32 Å². The summed E-state index contributed by atoms with van der Waals surface area (Å²) in [5.74, 6) is -2.05. The minimum atomic E-state index is -0.856. The molecule has 1 saturated heterocycles. The van der Waals surface area contributed by atoms with Crippen LogP contribution in [0.1, 0.15) is 15.9 Å². The minimum absolute atomic E-state index is 0.164. The molecule has 7 nitrogen and oxygen atoms in total. The van der Waals surface area contributed by atoms with Gasteiger partial charge in [0.25, 0.3) is 11.8 Å². The van der Waals surface area contributed by atoms with Crippen LogP contribution < -0.4 is 10.2 Å². The van der Waals surface area contributed by atoms with Gasteiger partial charge in [-0.05, 0) is 46.7 Å². The molecule has 1 aliphatic heterocycles. The molecule has 4 rings (SSSR count). The lowest BCUT2D eigenvalue weighted by Gasteiger charge is -2.26. The van der Waals surface area contributed by atoms with Gasteiger partial charge in [-0.15, -0.1) is 0 Å². The number of hydrogen-bond acceptors (Lipinski definition) is 5. The second kappa shape index (κ2) is 7.63. The Hall–Kier alpha value is -4.26. The summed E-state index contributed by atoms with van der Waals surface area (Å²) in [7, 11) is 1.26. The van der Waals surface area contributed by atoms with Crippen LogP contribution in [0.15, 0.2) is 72.3 Å². The molecule has 0 bridgehead atoms. The van der Waals surface area contributed by atoms with Crippen LogP contribution in [0, 0.1) is 0 Å². The van der Waals surface area contributed by atoms with Gasteiger partial charge in [-0.1, -0.05) is 42.5 Å². The molecule has 0 unspecified atom stereocenters. The Morgan fingerprint density at radius 1 is 0.933 bits per heavy atom. The monoisotopic (exact) mass is 400 g/mol. The van der Waals surface area contributed by atoms with E-state index in [9.17, 15) is 19.2 Å². The van der Waals surface area contributed by atoms with Gasteiger partial charge in [0.1, 0.15) is 5.57 Å². The molecule has 0 saturated carbocycles. The van der Waals surface area contributed by atoms with E-state index in [2.05, 4.69) is 10.1 Å². The summed E-state index contributed by atoms with van der Waals surface area (Å²) in [5.41, 5.74) is 1.01. The number of carbonyl (C=O) groups is 4. The molecule has 0 radical (unpaired) electrons. The van der Waals surface area contributed by atoms with Crippen LogP contribution in [-0.4, -0.2) is 30.9 Å². The molecule has 1 aliphatic rings. The molecule has 3 aromatic carbocycles. The average Bonchev–Trinajstić information content (AvgIpc) is 2.76. The number of methoxy groups -OCH3 is 1. The molecule has 0 atom stereocenters. The third-order valence-electron chi connectivity index (χ3n) is 4.77. The summed E-state index contributed by atoms with van der Waals surface area (Å²) in [6.45, 7) is 0. The Morgan fingerprint density at radius 2 is 1.63 bits per heavy atom. The number of benzene rings is 3. The molecule has 0 aliphatic carbocycles. The van der Waals surface area contributed by atoms with Crippen LogP contribution in [-0.2, 0) is 14.3 Å². The molecular weight excluding hydrogens is 384 g/mol. The topological polar surface area (TPSA) is 92.8 Å². The minimum Gasteiger partial charge on any atom is -0.465 e. The molecule has 0 spiro atoms. The fraction of sp³-hybridized carbons (Fsp3) is 0.0435. The number of esters is 1. The molecule has 0 aromatic heterocycles. The highest BCUT2D eigenvalue weighted by Gasteiger charge is 2.36. The van der Waals surface area contributed by atoms with Gasteiger partial charge in [0.05, 0.1) is 18.4 Å². The normalized spacial score (nSPS) is 15.4. The zero-order chi connectivity index (χ0) is 21.3. The SMILES string of the molecule is COC(=O)c1ccc(N2C(=O)NC(=O)C(=Cc3cccc4ccccc34)C2=O)cc1. The molecule has 7 heteroatoms. The van der Waals surface area contributed by atoms with Crippen molar-refractivity contribution >= 4 is 46.4 Å². The van der Waals surface area contributed by atoms with E-state index in [0.717, 1.165) is 15.7 Å².